The molecule has 0 spiro atoms. The predicted molar refractivity (Wildman–Crippen MR) is 83.6 cm³/mol. The van der Waals surface area contributed by atoms with Gasteiger partial charge in [0.2, 0.25) is 0 Å². The molecule has 1 N–H and O–H groups in total. The quantitative estimate of drug-likeness (QED) is 0.839. The lowest BCUT2D eigenvalue weighted by Crippen LogP contribution is -2.10. The fourth-order valence-electron chi connectivity index (χ4n) is 2.04. The normalized spacial score (nSPS) is 10.6. The van der Waals surface area contributed by atoms with Gasteiger partial charge in [0.1, 0.15) is 0 Å². The van der Waals surface area contributed by atoms with E-state index in [0.717, 1.165) is 23.5 Å². The zero-order valence-electron chi connectivity index (χ0n) is 12.2. The van der Waals surface area contributed by atoms with Crippen LogP contribution in [0.2, 0.25) is 0 Å². The number of Topliss-reactive ketones (excluding diaryl/α,β-unsaturated/α-hetero) is 1. The average Bonchev–Trinajstić information content (AvgIpc) is 2.41. The Morgan fingerprint density at radius 1 is 1.05 bits per heavy atom. The largest absolute Gasteiger partial charge is 0.356 e. The first kappa shape index (κ1) is 14.3. The fraction of sp³-hybridized carbons (Fsp3) is 0.235. The molecule has 2 rings (SSSR count). The van der Waals surface area contributed by atoms with Crippen LogP contribution in [0.25, 0.3) is 0 Å². The van der Waals surface area contributed by atoms with Crippen molar-refractivity contribution in [2.24, 2.45) is 0 Å². The first-order valence-corrected chi connectivity index (χ1v) is 6.66. The van der Waals surface area contributed by atoms with Gasteiger partial charge in [0.25, 0.3) is 0 Å². The third-order valence-electron chi connectivity index (χ3n) is 3.01. The lowest BCUT2D eigenvalue weighted by Gasteiger charge is -2.11. The Balaban J connectivity index is 2.10. The summed E-state index contributed by atoms with van der Waals surface area (Å²) in [5.74, 6) is 0.0787. The van der Waals surface area contributed by atoms with Crippen molar-refractivity contribution in [1.29, 1.82) is 0 Å². The predicted octanol–water partition coefficient (Wildman–Crippen LogP) is 3.69. The number of nitrogens with one attached hydrogen (secondary N) is 1. The second-order valence-corrected chi connectivity index (χ2v) is 5.20. The van der Waals surface area contributed by atoms with E-state index >= 15 is 0 Å². The van der Waals surface area contributed by atoms with E-state index in [0.29, 0.717) is 0 Å². The highest BCUT2D eigenvalue weighted by molar-refractivity contribution is 5.95. The van der Waals surface area contributed by atoms with E-state index in [-0.39, 0.29) is 5.78 Å². The van der Waals surface area contributed by atoms with Gasteiger partial charge in [0.15, 0.2) is 5.78 Å². The summed E-state index contributed by atoms with van der Waals surface area (Å²) >= 11 is 0. The van der Waals surface area contributed by atoms with Gasteiger partial charge in [-0.2, -0.15) is 0 Å². The molecule has 0 heterocycles. The molecular formula is C17H20N2O. The molecule has 0 atom stereocenters. The minimum Gasteiger partial charge on any atom is -0.356 e. The van der Waals surface area contributed by atoms with Gasteiger partial charge in [-0.1, -0.05) is 24.3 Å². The number of benzene rings is 2. The zero-order valence-corrected chi connectivity index (χ0v) is 12.2. The van der Waals surface area contributed by atoms with E-state index in [9.17, 15) is 4.79 Å². The molecule has 0 saturated carbocycles. The lowest BCUT2D eigenvalue weighted by molar-refractivity contribution is 0.101. The maximum atomic E-state index is 11.4. The van der Waals surface area contributed by atoms with E-state index in [4.69, 9.17) is 0 Å². The van der Waals surface area contributed by atoms with Crippen molar-refractivity contribution < 1.29 is 4.79 Å². The van der Waals surface area contributed by atoms with Crippen LogP contribution >= 0.6 is 0 Å². The number of rotatable bonds is 5. The molecule has 0 saturated heterocycles. The monoisotopic (exact) mass is 268 g/mol. The molecule has 0 aliphatic rings. The average molecular weight is 268 g/mol. The van der Waals surface area contributed by atoms with E-state index in [1.165, 1.54) is 5.56 Å². The fourth-order valence-corrected chi connectivity index (χ4v) is 2.04. The molecule has 3 heteroatoms. The molecule has 0 aliphatic heterocycles. The van der Waals surface area contributed by atoms with E-state index in [2.05, 4.69) is 48.6 Å². The third kappa shape index (κ3) is 3.93. The summed E-state index contributed by atoms with van der Waals surface area (Å²) in [5.41, 5.74) is 3.95. The molecule has 104 valence electrons. The summed E-state index contributed by atoms with van der Waals surface area (Å²) in [6, 6.07) is 15.9. The van der Waals surface area contributed by atoms with Crippen LogP contribution in [0.3, 0.4) is 0 Å². The Labute approximate surface area is 120 Å². The van der Waals surface area contributed by atoms with Crippen LogP contribution in [0.1, 0.15) is 22.8 Å². The van der Waals surface area contributed by atoms with Gasteiger partial charge < -0.3 is 10.2 Å². The molecule has 2 aromatic rings. The molecule has 0 amide bonds. The Morgan fingerprint density at radius 2 is 1.75 bits per heavy atom. The molecule has 0 aliphatic carbocycles. The van der Waals surface area contributed by atoms with Crippen molar-refractivity contribution >= 4 is 17.2 Å². The van der Waals surface area contributed by atoms with Crippen LogP contribution in [0.15, 0.2) is 48.5 Å². The number of ketones is 1. The number of carbonyl (C=O) groups excluding carboxylic acids is 1. The summed E-state index contributed by atoms with van der Waals surface area (Å²) in [4.78, 5) is 13.5. The molecule has 20 heavy (non-hydrogen) atoms. The summed E-state index contributed by atoms with van der Waals surface area (Å²) in [6.45, 7) is 2.51. The third-order valence-corrected chi connectivity index (χ3v) is 3.01. The van der Waals surface area contributed by atoms with Gasteiger partial charge in [0, 0.05) is 23.5 Å². The van der Waals surface area contributed by atoms with Crippen molar-refractivity contribution in [2.45, 2.75) is 13.5 Å². The second kappa shape index (κ2) is 6.35. The minimum absolute atomic E-state index is 0.0787. The van der Waals surface area contributed by atoms with Crippen LogP contribution in [-0.4, -0.2) is 24.8 Å². The molecule has 0 unspecified atom stereocenters. The molecule has 3 nitrogen and oxygen atoms in total. The summed E-state index contributed by atoms with van der Waals surface area (Å²) < 4.78 is 0. The lowest BCUT2D eigenvalue weighted by atomic mass is 10.1. The number of anilines is 2. The highest BCUT2D eigenvalue weighted by Crippen LogP contribution is 2.19. The van der Waals surface area contributed by atoms with Crippen molar-refractivity contribution in [3.05, 3.63) is 59.7 Å². The maximum Gasteiger partial charge on any atom is 0.159 e. The molecule has 2 aromatic carbocycles. The van der Waals surface area contributed by atoms with Gasteiger partial charge in [-0.05, 0) is 50.8 Å². The van der Waals surface area contributed by atoms with E-state index < -0.39 is 0 Å². The summed E-state index contributed by atoms with van der Waals surface area (Å²) in [5, 5.41) is 3.31. The van der Waals surface area contributed by atoms with Crippen molar-refractivity contribution in [3.63, 3.8) is 0 Å². The summed E-state index contributed by atoms with van der Waals surface area (Å²) in [7, 11) is 4.11. The van der Waals surface area contributed by atoms with Crippen LogP contribution in [-0.2, 0) is 6.54 Å². The highest BCUT2D eigenvalue weighted by atomic mass is 16.1. The van der Waals surface area contributed by atoms with Crippen LogP contribution < -0.4 is 5.32 Å². The van der Waals surface area contributed by atoms with E-state index in [1.807, 2.05) is 24.3 Å². The number of hydrogen-bond acceptors (Lipinski definition) is 3. The molecule has 0 aromatic heterocycles. The number of carbonyl (C=O) groups is 1. The Morgan fingerprint density at radius 3 is 2.35 bits per heavy atom. The smallest absolute Gasteiger partial charge is 0.159 e. The zero-order chi connectivity index (χ0) is 14.5. The van der Waals surface area contributed by atoms with Gasteiger partial charge >= 0.3 is 0 Å². The van der Waals surface area contributed by atoms with Crippen molar-refractivity contribution in [3.8, 4) is 0 Å². The molecule has 0 bridgehead atoms. The first-order valence-electron chi connectivity index (χ1n) is 6.66. The van der Waals surface area contributed by atoms with Gasteiger partial charge in [-0.25, -0.2) is 0 Å². The molecule has 0 fully saturated rings. The van der Waals surface area contributed by atoms with Crippen molar-refractivity contribution in [1.82, 2.24) is 4.90 Å². The maximum absolute atomic E-state index is 11.4. The number of hydrogen-bond donors (Lipinski definition) is 1. The van der Waals surface area contributed by atoms with Gasteiger partial charge in [-0.15, -0.1) is 0 Å². The van der Waals surface area contributed by atoms with Crippen LogP contribution in [0, 0.1) is 0 Å². The SMILES string of the molecule is CC(=O)c1cccc(Nc2ccc(CN(C)C)cc2)c1. The molecular weight excluding hydrogens is 248 g/mol. The van der Waals surface area contributed by atoms with Gasteiger partial charge in [0.05, 0.1) is 0 Å². The van der Waals surface area contributed by atoms with E-state index in [1.54, 1.807) is 6.92 Å². The van der Waals surface area contributed by atoms with Crippen molar-refractivity contribution in [2.75, 3.05) is 19.4 Å². The summed E-state index contributed by atoms with van der Waals surface area (Å²) in [6.07, 6.45) is 0. The van der Waals surface area contributed by atoms with Crippen LogP contribution in [0.4, 0.5) is 11.4 Å². The van der Waals surface area contributed by atoms with Gasteiger partial charge in [-0.3, -0.25) is 4.79 Å². The molecule has 0 radical (unpaired) electrons. The Bertz CT molecular complexity index is 588. The highest BCUT2D eigenvalue weighted by Gasteiger charge is 2.01. The van der Waals surface area contributed by atoms with Crippen LogP contribution in [0.5, 0.6) is 0 Å². The minimum atomic E-state index is 0.0787. The number of nitrogens with zero attached hydrogens (tertiary/aromatic N) is 1. The first-order chi connectivity index (χ1) is 9.54. The Kier molecular flexibility index (Phi) is 4.53. The second-order valence-electron chi connectivity index (χ2n) is 5.20. The topological polar surface area (TPSA) is 32.3 Å². The Hall–Kier alpha value is -2.13. The standard InChI is InChI=1S/C17H20N2O/c1-13(20)15-5-4-6-17(11-15)18-16-9-7-14(8-10-16)12-19(2)3/h4-11,18H,12H2,1-3H3.